The predicted molar refractivity (Wildman–Crippen MR) is 85.9 cm³/mol. The Morgan fingerprint density at radius 2 is 2.04 bits per heavy atom. The fourth-order valence-electron chi connectivity index (χ4n) is 2.30. The molecule has 1 aromatic heterocycles. The standard InChI is InChI=1S/C15H20N2O5S/c1-15(2,3)22-14(21)17-8-4-5-9(17)12(18)16-11-7-6-10(23-11)13(19)20/h6-7,9H,4-5,8H2,1-3H3,(H,16,18)(H,19,20). The van der Waals surface area contributed by atoms with E-state index in [1.54, 1.807) is 26.8 Å². The molecule has 1 fully saturated rings. The monoisotopic (exact) mass is 340 g/mol. The van der Waals surface area contributed by atoms with Gasteiger partial charge >= 0.3 is 12.1 Å². The van der Waals surface area contributed by atoms with Crippen LogP contribution in [0.1, 0.15) is 43.3 Å². The molecule has 0 aliphatic carbocycles. The first-order chi connectivity index (χ1) is 10.7. The number of ether oxygens (including phenoxy) is 1. The van der Waals surface area contributed by atoms with E-state index in [4.69, 9.17) is 9.84 Å². The molecule has 0 saturated carbocycles. The maximum absolute atomic E-state index is 12.4. The number of thiophene rings is 1. The minimum absolute atomic E-state index is 0.149. The molecule has 8 heteroatoms. The van der Waals surface area contributed by atoms with Gasteiger partial charge in [0.05, 0.1) is 5.00 Å². The third-order valence-corrected chi connectivity index (χ3v) is 4.24. The van der Waals surface area contributed by atoms with E-state index < -0.39 is 23.7 Å². The van der Waals surface area contributed by atoms with Gasteiger partial charge in [-0.25, -0.2) is 9.59 Å². The highest BCUT2D eigenvalue weighted by molar-refractivity contribution is 7.18. The number of amides is 2. The molecule has 1 saturated heterocycles. The maximum Gasteiger partial charge on any atom is 0.410 e. The summed E-state index contributed by atoms with van der Waals surface area (Å²) in [5, 5.41) is 12.0. The Hall–Kier alpha value is -2.09. The highest BCUT2D eigenvalue weighted by Crippen LogP contribution is 2.25. The van der Waals surface area contributed by atoms with Crippen molar-refractivity contribution >= 4 is 34.3 Å². The number of rotatable bonds is 3. The number of carbonyl (C=O) groups is 3. The number of carboxylic acid groups (broad SMARTS) is 1. The summed E-state index contributed by atoms with van der Waals surface area (Å²) >= 11 is 0.982. The quantitative estimate of drug-likeness (QED) is 0.882. The number of hydrogen-bond donors (Lipinski definition) is 2. The van der Waals surface area contributed by atoms with Gasteiger partial charge in [-0.3, -0.25) is 9.69 Å². The van der Waals surface area contributed by atoms with Crippen LogP contribution < -0.4 is 5.32 Å². The molecule has 1 atom stereocenters. The zero-order chi connectivity index (χ0) is 17.2. The Morgan fingerprint density at radius 3 is 2.61 bits per heavy atom. The van der Waals surface area contributed by atoms with Crippen molar-refractivity contribution in [2.75, 3.05) is 11.9 Å². The van der Waals surface area contributed by atoms with Crippen molar-refractivity contribution in [2.24, 2.45) is 0 Å². The first-order valence-electron chi connectivity index (χ1n) is 7.31. The third-order valence-electron chi connectivity index (χ3n) is 3.25. The number of nitrogens with one attached hydrogen (secondary N) is 1. The zero-order valence-corrected chi connectivity index (χ0v) is 14.1. The Morgan fingerprint density at radius 1 is 1.35 bits per heavy atom. The molecule has 2 N–H and O–H groups in total. The molecule has 1 aliphatic rings. The molecule has 0 spiro atoms. The van der Waals surface area contributed by atoms with Crippen LogP contribution in [0.4, 0.5) is 9.80 Å². The van der Waals surface area contributed by atoms with E-state index in [0.717, 1.165) is 17.8 Å². The maximum atomic E-state index is 12.4. The van der Waals surface area contributed by atoms with Crippen molar-refractivity contribution in [3.63, 3.8) is 0 Å². The average molecular weight is 340 g/mol. The summed E-state index contributed by atoms with van der Waals surface area (Å²) in [5.74, 6) is -1.36. The van der Waals surface area contributed by atoms with E-state index in [1.165, 1.54) is 11.0 Å². The second-order valence-corrected chi connectivity index (χ2v) is 7.37. The molecule has 0 aromatic carbocycles. The van der Waals surface area contributed by atoms with Crippen LogP contribution in [-0.2, 0) is 9.53 Å². The number of anilines is 1. The highest BCUT2D eigenvalue weighted by Gasteiger charge is 2.36. The van der Waals surface area contributed by atoms with Crippen LogP contribution in [0.2, 0.25) is 0 Å². The first kappa shape index (κ1) is 17.3. The average Bonchev–Trinajstić information content (AvgIpc) is 3.04. The smallest absolute Gasteiger partial charge is 0.410 e. The summed E-state index contributed by atoms with van der Waals surface area (Å²) in [6.07, 6.45) is 0.775. The molecule has 126 valence electrons. The summed E-state index contributed by atoms with van der Waals surface area (Å²) in [7, 11) is 0. The third kappa shape index (κ3) is 4.44. The molecular weight excluding hydrogens is 320 g/mol. The molecule has 0 bridgehead atoms. The molecule has 1 aliphatic heterocycles. The summed E-state index contributed by atoms with van der Waals surface area (Å²) in [4.78, 5) is 37.0. The molecule has 2 amide bonds. The number of carbonyl (C=O) groups excluding carboxylic acids is 2. The van der Waals surface area contributed by atoms with E-state index in [-0.39, 0.29) is 10.8 Å². The lowest BCUT2D eigenvalue weighted by molar-refractivity contribution is -0.120. The minimum atomic E-state index is -1.04. The van der Waals surface area contributed by atoms with Crippen LogP contribution in [0, 0.1) is 0 Å². The largest absolute Gasteiger partial charge is 0.477 e. The van der Waals surface area contributed by atoms with Gasteiger partial charge in [0, 0.05) is 6.54 Å². The number of nitrogens with zero attached hydrogens (tertiary/aromatic N) is 1. The lowest BCUT2D eigenvalue weighted by Gasteiger charge is -2.27. The van der Waals surface area contributed by atoms with E-state index in [9.17, 15) is 14.4 Å². The second kappa shape index (κ2) is 6.57. The van der Waals surface area contributed by atoms with E-state index >= 15 is 0 Å². The van der Waals surface area contributed by atoms with Crippen LogP contribution in [0.5, 0.6) is 0 Å². The van der Waals surface area contributed by atoms with Crippen molar-refractivity contribution in [1.82, 2.24) is 4.90 Å². The van der Waals surface area contributed by atoms with Crippen LogP contribution in [-0.4, -0.2) is 46.2 Å². The number of carboxylic acids is 1. The number of hydrogen-bond acceptors (Lipinski definition) is 5. The van der Waals surface area contributed by atoms with Gasteiger partial charge in [-0.2, -0.15) is 0 Å². The molecule has 23 heavy (non-hydrogen) atoms. The fraction of sp³-hybridized carbons (Fsp3) is 0.533. The summed E-state index contributed by atoms with van der Waals surface area (Å²) in [5.41, 5.74) is -0.620. The molecular formula is C15H20N2O5S. The van der Waals surface area contributed by atoms with Crippen LogP contribution >= 0.6 is 11.3 Å². The second-order valence-electron chi connectivity index (χ2n) is 6.29. The summed E-state index contributed by atoms with van der Waals surface area (Å²) in [6.45, 7) is 5.79. The Labute approximate surface area is 138 Å². The first-order valence-corrected chi connectivity index (χ1v) is 8.12. The summed E-state index contributed by atoms with van der Waals surface area (Å²) < 4.78 is 5.32. The van der Waals surface area contributed by atoms with Crippen molar-refractivity contribution in [1.29, 1.82) is 0 Å². The SMILES string of the molecule is CC(C)(C)OC(=O)N1CCCC1C(=O)Nc1ccc(C(=O)O)s1. The normalized spacial score (nSPS) is 17.9. The van der Waals surface area contributed by atoms with Crippen LogP contribution in [0.25, 0.3) is 0 Å². The lowest BCUT2D eigenvalue weighted by atomic mass is 10.2. The van der Waals surface area contributed by atoms with Gasteiger partial charge in [0.15, 0.2) is 0 Å². The molecule has 0 radical (unpaired) electrons. The predicted octanol–water partition coefficient (Wildman–Crippen LogP) is 2.78. The Bertz CT molecular complexity index is 620. The van der Waals surface area contributed by atoms with Gasteiger partial charge in [0.2, 0.25) is 5.91 Å². The van der Waals surface area contributed by atoms with E-state index in [0.29, 0.717) is 18.0 Å². The van der Waals surface area contributed by atoms with Crippen LogP contribution in [0.15, 0.2) is 12.1 Å². The lowest BCUT2D eigenvalue weighted by Crippen LogP contribution is -2.45. The van der Waals surface area contributed by atoms with Gasteiger partial charge in [0.1, 0.15) is 16.5 Å². The zero-order valence-electron chi connectivity index (χ0n) is 13.3. The van der Waals surface area contributed by atoms with E-state index in [2.05, 4.69) is 5.32 Å². The minimum Gasteiger partial charge on any atom is -0.477 e. The Kier molecular flexibility index (Phi) is 4.93. The Balaban J connectivity index is 2.02. The number of likely N-dealkylation sites (tertiary alicyclic amines) is 1. The highest BCUT2D eigenvalue weighted by atomic mass is 32.1. The fourth-order valence-corrected chi connectivity index (χ4v) is 3.05. The van der Waals surface area contributed by atoms with Crippen molar-refractivity contribution in [3.8, 4) is 0 Å². The molecule has 1 aromatic rings. The summed E-state index contributed by atoms with van der Waals surface area (Å²) in [6, 6.07) is 2.38. The van der Waals surface area contributed by atoms with Gasteiger partial charge in [0.25, 0.3) is 0 Å². The topological polar surface area (TPSA) is 95.9 Å². The molecule has 7 nitrogen and oxygen atoms in total. The van der Waals surface area contributed by atoms with Crippen LogP contribution in [0.3, 0.4) is 0 Å². The van der Waals surface area contributed by atoms with Crippen molar-refractivity contribution in [3.05, 3.63) is 17.0 Å². The van der Waals surface area contributed by atoms with Gasteiger partial charge in [-0.15, -0.1) is 11.3 Å². The molecule has 2 rings (SSSR count). The van der Waals surface area contributed by atoms with Gasteiger partial charge < -0.3 is 15.2 Å². The molecule has 2 heterocycles. The number of aromatic carboxylic acids is 1. The van der Waals surface area contributed by atoms with E-state index in [1.807, 2.05) is 0 Å². The van der Waals surface area contributed by atoms with Gasteiger partial charge in [-0.05, 0) is 45.7 Å². The van der Waals surface area contributed by atoms with Crippen molar-refractivity contribution in [2.45, 2.75) is 45.3 Å². The van der Waals surface area contributed by atoms with Gasteiger partial charge in [-0.1, -0.05) is 0 Å². The molecule has 1 unspecified atom stereocenters. The van der Waals surface area contributed by atoms with Crippen molar-refractivity contribution < 1.29 is 24.2 Å².